The van der Waals surface area contributed by atoms with Crippen molar-refractivity contribution in [1.29, 1.82) is 0 Å². The van der Waals surface area contributed by atoms with Gasteiger partial charge in [-0.25, -0.2) is 0 Å². The van der Waals surface area contributed by atoms with Gasteiger partial charge in [-0.2, -0.15) is 0 Å². The lowest BCUT2D eigenvalue weighted by molar-refractivity contribution is 0.435. The van der Waals surface area contributed by atoms with Gasteiger partial charge in [-0.1, -0.05) is 182 Å². The summed E-state index contributed by atoms with van der Waals surface area (Å²) in [6.07, 6.45) is 0. The van der Waals surface area contributed by atoms with E-state index in [-0.39, 0.29) is 0 Å². The van der Waals surface area contributed by atoms with E-state index >= 15 is 0 Å². The lowest BCUT2D eigenvalue weighted by Gasteiger charge is -2.43. The average molecular weight is 649 g/mol. The minimum Gasteiger partial charge on any atom is -0.457 e. The molecule has 3 aliphatic rings. The van der Waals surface area contributed by atoms with Gasteiger partial charge in [0.25, 0.3) is 0 Å². The number of hydrogen-bond acceptors (Lipinski definition) is 1. The van der Waals surface area contributed by atoms with E-state index in [4.69, 9.17) is 4.74 Å². The van der Waals surface area contributed by atoms with Crippen LogP contribution in [0.5, 0.6) is 11.5 Å². The number of benzene rings is 8. The molecule has 0 saturated heterocycles. The molecule has 0 N–H and O–H groups in total. The van der Waals surface area contributed by atoms with Gasteiger partial charge in [0.05, 0.1) is 10.8 Å². The van der Waals surface area contributed by atoms with E-state index in [1.807, 2.05) is 0 Å². The molecule has 1 heteroatoms. The highest BCUT2D eigenvalue weighted by molar-refractivity contribution is 5.99. The first kappa shape index (κ1) is 28.4. The van der Waals surface area contributed by atoms with Crippen molar-refractivity contribution < 1.29 is 4.74 Å². The predicted octanol–water partition coefficient (Wildman–Crippen LogP) is 12.2. The number of fused-ring (bicyclic) bond motifs is 12. The maximum atomic E-state index is 6.95. The second-order valence-corrected chi connectivity index (χ2v) is 13.9. The quantitative estimate of drug-likeness (QED) is 0.185. The van der Waals surface area contributed by atoms with Crippen molar-refractivity contribution in [2.24, 2.45) is 0 Å². The molecular weight excluding hydrogens is 617 g/mol. The smallest absolute Gasteiger partial charge is 0.132 e. The highest BCUT2D eigenvalue weighted by atomic mass is 16.5. The molecule has 0 bridgehead atoms. The summed E-state index contributed by atoms with van der Waals surface area (Å²) in [7, 11) is 0. The van der Waals surface area contributed by atoms with E-state index in [0.29, 0.717) is 0 Å². The molecule has 238 valence electrons. The van der Waals surface area contributed by atoms with Crippen LogP contribution in [0.3, 0.4) is 0 Å². The Kier molecular flexibility index (Phi) is 5.86. The van der Waals surface area contributed by atoms with Crippen LogP contribution >= 0.6 is 0 Å². The van der Waals surface area contributed by atoms with E-state index in [1.165, 1.54) is 72.3 Å². The molecule has 0 amide bonds. The molecule has 0 aromatic heterocycles. The minimum absolute atomic E-state index is 0.478. The summed E-state index contributed by atoms with van der Waals surface area (Å²) in [5.41, 5.74) is 16.6. The Labute approximate surface area is 298 Å². The topological polar surface area (TPSA) is 9.23 Å². The third-order valence-electron chi connectivity index (χ3n) is 11.6. The summed E-state index contributed by atoms with van der Waals surface area (Å²) in [6.45, 7) is 0. The van der Waals surface area contributed by atoms with Gasteiger partial charge in [0.2, 0.25) is 0 Å². The first-order chi connectivity index (χ1) is 25.3. The molecule has 0 radical (unpaired) electrons. The van der Waals surface area contributed by atoms with Crippen LogP contribution in [0.25, 0.3) is 33.4 Å². The molecule has 51 heavy (non-hydrogen) atoms. The molecule has 8 aromatic carbocycles. The molecule has 8 aromatic rings. The molecule has 2 aliphatic carbocycles. The van der Waals surface area contributed by atoms with Crippen molar-refractivity contribution in [3.8, 4) is 44.9 Å². The van der Waals surface area contributed by atoms with Crippen LogP contribution < -0.4 is 4.74 Å². The Morgan fingerprint density at radius 1 is 0.255 bits per heavy atom. The second kappa shape index (κ2) is 10.5. The van der Waals surface area contributed by atoms with Gasteiger partial charge in [0, 0.05) is 11.1 Å². The Bertz CT molecular complexity index is 2570. The Morgan fingerprint density at radius 2 is 0.627 bits per heavy atom. The van der Waals surface area contributed by atoms with Crippen molar-refractivity contribution in [3.05, 3.63) is 239 Å². The number of para-hydroxylation sites is 1. The van der Waals surface area contributed by atoms with E-state index in [1.54, 1.807) is 0 Å². The lowest BCUT2D eigenvalue weighted by Crippen LogP contribution is -2.35. The summed E-state index contributed by atoms with van der Waals surface area (Å²) in [5, 5.41) is 0. The zero-order valence-electron chi connectivity index (χ0n) is 27.9. The standard InChI is InChI=1S/C50H32O/c1-3-17-33(18-4-1)49(34-19-5-2-6-20-34)44-30-13-14-31-45(44)51-46-32-16-26-40(48(46)49)39-25-15-24-38-37-23-9-12-29-43(37)50(47(38)39)41-27-10-7-21-35(41)36-22-8-11-28-42(36)50/h1-32H. The maximum Gasteiger partial charge on any atom is 0.132 e. The van der Waals surface area contributed by atoms with Crippen LogP contribution in [-0.2, 0) is 10.8 Å². The first-order valence-electron chi connectivity index (χ1n) is 17.8. The van der Waals surface area contributed by atoms with Gasteiger partial charge in [-0.15, -0.1) is 0 Å². The summed E-state index contributed by atoms with van der Waals surface area (Å²) in [4.78, 5) is 0. The summed E-state index contributed by atoms with van der Waals surface area (Å²) >= 11 is 0. The summed E-state index contributed by atoms with van der Waals surface area (Å²) < 4.78 is 6.95. The molecule has 1 spiro atoms. The predicted molar refractivity (Wildman–Crippen MR) is 207 cm³/mol. The Balaban J connectivity index is 1.31. The summed E-state index contributed by atoms with van der Waals surface area (Å²) in [5.74, 6) is 1.77. The maximum absolute atomic E-state index is 6.95. The zero-order valence-corrected chi connectivity index (χ0v) is 27.9. The summed E-state index contributed by atoms with van der Waals surface area (Å²) in [6, 6.07) is 71.4. The molecule has 11 rings (SSSR count). The van der Waals surface area contributed by atoms with Crippen LogP contribution in [0, 0.1) is 0 Å². The van der Waals surface area contributed by atoms with Crippen molar-refractivity contribution in [2.75, 3.05) is 0 Å². The molecule has 0 unspecified atom stereocenters. The molecule has 1 aliphatic heterocycles. The molecular formula is C50H32O. The number of ether oxygens (including phenoxy) is 1. The van der Waals surface area contributed by atoms with Crippen molar-refractivity contribution in [2.45, 2.75) is 10.8 Å². The average Bonchev–Trinajstić information content (AvgIpc) is 3.68. The van der Waals surface area contributed by atoms with E-state index in [2.05, 4.69) is 194 Å². The van der Waals surface area contributed by atoms with Crippen molar-refractivity contribution >= 4 is 0 Å². The molecule has 1 heterocycles. The van der Waals surface area contributed by atoms with Gasteiger partial charge in [0.15, 0.2) is 0 Å². The fraction of sp³-hybridized carbons (Fsp3) is 0.0400. The van der Waals surface area contributed by atoms with Crippen LogP contribution in [-0.4, -0.2) is 0 Å². The SMILES string of the molecule is c1ccc(C2(c3ccccc3)c3ccccc3Oc3cccc(-c4cccc5c4C4(c6ccccc6-c6ccccc64)c4ccccc4-5)c32)cc1. The fourth-order valence-electron chi connectivity index (χ4n) is 9.87. The lowest BCUT2D eigenvalue weighted by atomic mass is 9.61. The Morgan fingerprint density at radius 3 is 1.20 bits per heavy atom. The first-order valence-corrected chi connectivity index (χ1v) is 17.8. The van der Waals surface area contributed by atoms with Crippen molar-refractivity contribution in [3.63, 3.8) is 0 Å². The normalized spacial score (nSPS) is 14.7. The highest BCUT2D eigenvalue weighted by Crippen LogP contribution is 2.66. The molecule has 0 atom stereocenters. The van der Waals surface area contributed by atoms with Gasteiger partial charge >= 0.3 is 0 Å². The zero-order chi connectivity index (χ0) is 33.6. The van der Waals surface area contributed by atoms with Crippen LogP contribution in [0.15, 0.2) is 194 Å². The van der Waals surface area contributed by atoms with E-state index < -0.39 is 10.8 Å². The molecule has 1 nitrogen and oxygen atoms in total. The van der Waals surface area contributed by atoms with Crippen molar-refractivity contribution in [1.82, 2.24) is 0 Å². The molecule has 0 saturated carbocycles. The van der Waals surface area contributed by atoms with Crippen LogP contribution in [0.4, 0.5) is 0 Å². The monoisotopic (exact) mass is 648 g/mol. The number of hydrogen-bond donors (Lipinski definition) is 0. The Hall–Kier alpha value is -6.44. The minimum atomic E-state index is -0.643. The largest absolute Gasteiger partial charge is 0.457 e. The molecule has 0 fully saturated rings. The number of rotatable bonds is 3. The third-order valence-corrected chi connectivity index (χ3v) is 11.6. The van der Waals surface area contributed by atoms with Gasteiger partial charge in [0.1, 0.15) is 11.5 Å². The van der Waals surface area contributed by atoms with E-state index in [0.717, 1.165) is 17.1 Å². The van der Waals surface area contributed by atoms with Crippen LogP contribution in [0.1, 0.15) is 44.5 Å². The third kappa shape index (κ3) is 3.55. The van der Waals surface area contributed by atoms with Gasteiger partial charge < -0.3 is 4.74 Å². The van der Waals surface area contributed by atoms with Gasteiger partial charge in [-0.3, -0.25) is 0 Å². The van der Waals surface area contributed by atoms with Crippen LogP contribution in [0.2, 0.25) is 0 Å². The van der Waals surface area contributed by atoms with Gasteiger partial charge in [-0.05, 0) is 78.9 Å². The highest BCUT2D eigenvalue weighted by Gasteiger charge is 2.54. The fourth-order valence-corrected chi connectivity index (χ4v) is 9.87. The second-order valence-electron chi connectivity index (χ2n) is 13.9. The van der Waals surface area contributed by atoms with E-state index in [9.17, 15) is 0 Å².